The topological polar surface area (TPSA) is 0 Å². The molecule has 0 nitrogen and oxygen atoms in total. The van der Waals surface area contributed by atoms with Gasteiger partial charge in [0.1, 0.15) is 0 Å². The van der Waals surface area contributed by atoms with Gasteiger partial charge in [-0.25, -0.2) is 0 Å². The van der Waals surface area contributed by atoms with Crippen LogP contribution < -0.4 is 15.9 Å². The number of benzene rings is 3. The Hall–Kier alpha value is -1.18. The molecule has 0 aliphatic heterocycles. The molecule has 0 aliphatic carbocycles. The number of rotatable bonds is 6. The third-order valence-corrected chi connectivity index (χ3v) is 17.2. The molecular formula is C24H28IP. The maximum atomic E-state index is 2.88. The van der Waals surface area contributed by atoms with Crippen LogP contribution in [0.3, 0.4) is 0 Å². The monoisotopic (exact) mass is 474 g/mol. The van der Waals surface area contributed by atoms with Gasteiger partial charge < -0.3 is 0 Å². The third-order valence-electron chi connectivity index (χ3n) is 5.65. The van der Waals surface area contributed by atoms with Gasteiger partial charge in [-0.1, -0.05) is 0 Å². The quantitative estimate of drug-likeness (QED) is 0.297. The number of hydrogen-bond acceptors (Lipinski definition) is 0. The summed E-state index contributed by atoms with van der Waals surface area (Å²) in [6.07, 6.45) is 1.18. The second-order valence-electron chi connectivity index (χ2n) is 7.59. The zero-order valence-corrected chi connectivity index (χ0v) is 18.9. The molecule has 3 aromatic carbocycles. The predicted molar refractivity (Wildman–Crippen MR) is 128 cm³/mol. The van der Waals surface area contributed by atoms with Gasteiger partial charge in [-0.05, 0) is 0 Å². The van der Waals surface area contributed by atoms with Gasteiger partial charge >= 0.3 is 172 Å². The second kappa shape index (κ2) is 7.82. The molecule has 26 heavy (non-hydrogen) atoms. The minimum absolute atomic E-state index is 0.630. The zero-order valence-electron chi connectivity index (χ0n) is 15.8. The molecule has 0 unspecified atom stereocenters. The van der Waals surface area contributed by atoms with Crippen molar-refractivity contribution in [1.29, 1.82) is 0 Å². The summed E-state index contributed by atoms with van der Waals surface area (Å²) in [4.78, 5) is 0. The van der Waals surface area contributed by atoms with Crippen molar-refractivity contribution in [2.45, 2.75) is 20.8 Å². The summed E-state index contributed by atoms with van der Waals surface area (Å²) in [6, 6.07) is 33.6. The maximum absolute atomic E-state index is 2.88. The normalized spacial score (nSPS) is 14.6. The van der Waals surface area contributed by atoms with Crippen molar-refractivity contribution in [1.82, 2.24) is 0 Å². The van der Waals surface area contributed by atoms with Gasteiger partial charge in [0.25, 0.3) is 0 Å². The third kappa shape index (κ3) is 3.37. The van der Waals surface area contributed by atoms with E-state index in [-0.39, 0.29) is 0 Å². The molecule has 0 fully saturated rings. The number of hydrogen-bond donors (Lipinski definition) is 0. The molecule has 0 saturated heterocycles. The average molecular weight is 474 g/mol. The van der Waals surface area contributed by atoms with E-state index in [4.69, 9.17) is 0 Å². The fraction of sp³-hybridized carbons (Fsp3) is 0.250. The van der Waals surface area contributed by atoms with E-state index >= 15 is 0 Å². The zero-order chi connectivity index (χ0) is 18.6. The fourth-order valence-corrected chi connectivity index (χ4v) is 13.9. The van der Waals surface area contributed by atoms with E-state index in [9.17, 15) is 0 Å². The van der Waals surface area contributed by atoms with Crippen molar-refractivity contribution in [3.05, 3.63) is 91.0 Å². The van der Waals surface area contributed by atoms with E-state index in [0.717, 1.165) is 0 Å². The van der Waals surface area contributed by atoms with Crippen LogP contribution in [0.5, 0.6) is 0 Å². The fourth-order valence-electron chi connectivity index (χ4n) is 3.73. The van der Waals surface area contributed by atoms with Gasteiger partial charge in [0.2, 0.25) is 0 Å². The van der Waals surface area contributed by atoms with Gasteiger partial charge in [0, 0.05) is 0 Å². The van der Waals surface area contributed by atoms with Crippen molar-refractivity contribution in [2.24, 2.45) is 11.8 Å². The first-order valence-electron chi connectivity index (χ1n) is 9.36. The van der Waals surface area contributed by atoms with Gasteiger partial charge in [0.05, 0.1) is 0 Å². The van der Waals surface area contributed by atoms with E-state index in [2.05, 4.69) is 134 Å². The van der Waals surface area contributed by atoms with Crippen LogP contribution in [-0.2, 0) is 0 Å². The van der Waals surface area contributed by atoms with Crippen LogP contribution in [0, 0.1) is 11.8 Å². The Bertz CT molecular complexity index is 728. The van der Waals surface area contributed by atoms with E-state index in [1.54, 1.807) is 0 Å². The van der Waals surface area contributed by atoms with Crippen molar-refractivity contribution in [2.75, 3.05) is 6.16 Å². The molecule has 3 rings (SSSR count). The Balaban J connectivity index is 2.39. The molecule has 2 heteroatoms. The molecule has 0 amide bonds. The first-order chi connectivity index (χ1) is 12.5. The van der Waals surface area contributed by atoms with Crippen LogP contribution in [0.25, 0.3) is 0 Å². The molecule has 0 aromatic heterocycles. The predicted octanol–water partition coefficient (Wildman–Crippen LogP) is 6.16. The Kier molecular flexibility index (Phi) is 5.89. The molecule has 0 heterocycles. The summed E-state index contributed by atoms with van der Waals surface area (Å²) in [7, 11) is 0. The molecule has 1 atom stereocenters. The van der Waals surface area contributed by atoms with Gasteiger partial charge in [-0.3, -0.25) is 0 Å². The van der Waals surface area contributed by atoms with Gasteiger partial charge in [0.15, 0.2) is 0 Å². The summed E-state index contributed by atoms with van der Waals surface area (Å²) in [5, 5.41) is 4.43. The van der Waals surface area contributed by atoms with E-state index in [1.807, 2.05) is 0 Å². The Morgan fingerprint density at radius 2 is 0.923 bits per heavy atom. The van der Waals surface area contributed by atoms with Crippen LogP contribution in [0.2, 0.25) is 0 Å². The van der Waals surface area contributed by atoms with Crippen LogP contribution in [0.1, 0.15) is 20.8 Å². The first kappa shape index (κ1) is 19.6. The van der Waals surface area contributed by atoms with Crippen molar-refractivity contribution >= 4 is 42.2 Å². The average Bonchev–Trinajstić information content (AvgIpc) is 2.70. The second-order valence-corrected chi connectivity index (χ2v) is 18.3. The Morgan fingerprint density at radius 3 is 1.19 bits per heavy atom. The summed E-state index contributed by atoms with van der Waals surface area (Å²) in [6.45, 7) is 7.12. The van der Waals surface area contributed by atoms with Crippen LogP contribution >= 0.6 is 26.3 Å². The van der Waals surface area contributed by atoms with Gasteiger partial charge in [-0.15, -0.1) is 0 Å². The molecule has 0 aliphatic rings. The summed E-state index contributed by atoms with van der Waals surface area (Å²) >= 11 is 2.88. The van der Waals surface area contributed by atoms with Crippen molar-refractivity contribution in [3.8, 4) is 0 Å². The van der Waals surface area contributed by atoms with E-state index < -0.39 is 4.25 Å². The first-order valence-corrected chi connectivity index (χ1v) is 14.6. The summed E-state index contributed by atoms with van der Waals surface area (Å²) in [5.41, 5.74) is 0. The Labute approximate surface area is 171 Å². The SMILES string of the molecule is CC(C)[C@H](C)CP(I)(c1ccccc1)(c1ccccc1)c1ccccc1. The minimum atomic E-state index is -2.59. The number of halogens is 1. The van der Waals surface area contributed by atoms with E-state index in [0.29, 0.717) is 11.8 Å². The standard InChI is InChI=1S/C24H28IP/c1-20(2)21(3)19-26(25,22-13-7-4-8-14-22,23-15-9-5-10-16-23)24-17-11-6-12-18-24/h4-18,20-21H,19H2,1-3H3/t21-/m1/s1. The van der Waals surface area contributed by atoms with Crippen molar-refractivity contribution in [3.63, 3.8) is 0 Å². The molecule has 136 valence electrons. The van der Waals surface area contributed by atoms with Gasteiger partial charge in [-0.2, -0.15) is 0 Å². The molecule has 0 radical (unpaired) electrons. The molecule has 0 saturated carbocycles. The van der Waals surface area contributed by atoms with Crippen LogP contribution in [-0.4, -0.2) is 6.16 Å². The van der Waals surface area contributed by atoms with Crippen molar-refractivity contribution < 1.29 is 0 Å². The molecule has 0 spiro atoms. The Morgan fingerprint density at radius 1 is 0.615 bits per heavy atom. The molecule has 3 aromatic rings. The molecular weight excluding hydrogens is 446 g/mol. The summed E-state index contributed by atoms with van der Waals surface area (Å²) in [5.74, 6) is 1.28. The van der Waals surface area contributed by atoms with Crippen LogP contribution in [0.4, 0.5) is 0 Å². The summed E-state index contributed by atoms with van der Waals surface area (Å²) < 4.78 is -2.59. The van der Waals surface area contributed by atoms with E-state index in [1.165, 1.54) is 22.1 Å². The van der Waals surface area contributed by atoms with Crippen LogP contribution in [0.15, 0.2) is 91.0 Å². The molecule has 0 N–H and O–H groups in total. The molecule has 0 bridgehead atoms.